The van der Waals surface area contributed by atoms with Gasteiger partial charge in [0.25, 0.3) is 0 Å². The van der Waals surface area contributed by atoms with Gasteiger partial charge in [0.15, 0.2) is 0 Å². The molecule has 0 fully saturated rings. The van der Waals surface area contributed by atoms with Crippen molar-refractivity contribution in [3.63, 3.8) is 0 Å². The highest BCUT2D eigenvalue weighted by Crippen LogP contribution is 2.21. The largest absolute Gasteiger partial charge is 0.480 e. The van der Waals surface area contributed by atoms with Crippen LogP contribution < -0.4 is 10.6 Å². The Morgan fingerprint density at radius 1 is 1.16 bits per heavy atom. The minimum atomic E-state index is -1.14. The number of benzene rings is 1. The van der Waals surface area contributed by atoms with Crippen LogP contribution in [-0.4, -0.2) is 57.3 Å². The molecule has 0 aliphatic heterocycles. The Balaban J connectivity index is 2.15. The first-order chi connectivity index (χ1) is 14.5. The zero-order valence-electron chi connectivity index (χ0n) is 18.6. The number of carboxylic acid groups (broad SMARTS) is 1. The zero-order valence-corrected chi connectivity index (χ0v) is 19.4. The maximum absolute atomic E-state index is 12.9. The Kier molecular flexibility index (Phi) is 8.38. The van der Waals surface area contributed by atoms with Crippen LogP contribution in [0.1, 0.15) is 32.8 Å². The molecule has 0 aliphatic carbocycles. The van der Waals surface area contributed by atoms with Gasteiger partial charge in [-0.05, 0) is 50.8 Å². The van der Waals surface area contributed by atoms with Gasteiger partial charge >= 0.3 is 12.1 Å². The molecule has 1 heterocycles. The molecule has 2 atom stereocenters. The van der Waals surface area contributed by atoms with Crippen LogP contribution in [0.3, 0.4) is 0 Å². The lowest BCUT2D eigenvalue weighted by Gasteiger charge is -2.24. The SMILES string of the molecule is CSCC[C@H](NC(=O)OC(C)(C)C)C(=O)N[C@H](Cc1cn(C)c2ccccc12)C(=O)O. The molecular formula is C22H31N3O5S. The van der Waals surface area contributed by atoms with Crippen molar-refractivity contribution in [1.82, 2.24) is 15.2 Å². The van der Waals surface area contributed by atoms with Crippen molar-refractivity contribution >= 4 is 40.6 Å². The van der Waals surface area contributed by atoms with Gasteiger partial charge in [-0.25, -0.2) is 9.59 Å². The first kappa shape index (κ1) is 24.6. The van der Waals surface area contributed by atoms with Crippen LogP contribution in [0, 0.1) is 0 Å². The van der Waals surface area contributed by atoms with Crippen molar-refractivity contribution in [3.8, 4) is 0 Å². The molecule has 0 aliphatic rings. The molecule has 9 heteroatoms. The van der Waals surface area contributed by atoms with Crippen molar-refractivity contribution in [2.75, 3.05) is 12.0 Å². The number of nitrogens with zero attached hydrogens (tertiary/aromatic N) is 1. The van der Waals surface area contributed by atoms with Crippen molar-refractivity contribution in [2.24, 2.45) is 7.05 Å². The molecule has 2 aromatic rings. The summed E-state index contributed by atoms with van der Waals surface area (Å²) in [4.78, 5) is 36.9. The molecular weight excluding hydrogens is 418 g/mol. The number of carbonyl (C=O) groups excluding carboxylic acids is 2. The molecule has 2 rings (SSSR count). The van der Waals surface area contributed by atoms with Crippen molar-refractivity contribution in [3.05, 3.63) is 36.0 Å². The van der Waals surface area contributed by atoms with E-state index in [-0.39, 0.29) is 6.42 Å². The second kappa shape index (κ2) is 10.6. The summed E-state index contributed by atoms with van der Waals surface area (Å²) < 4.78 is 7.17. The van der Waals surface area contributed by atoms with Gasteiger partial charge < -0.3 is 25.0 Å². The molecule has 170 valence electrons. The predicted octanol–water partition coefficient (Wildman–Crippen LogP) is 2.94. The Morgan fingerprint density at radius 2 is 1.84 bits per heavy atom. The van der Waals surface area contributed by atoms with Crippen LogP contribution in [0.25, 0.3) is 10.9 Å². The quantitative estimate of drug-likeness (QED) is 0.543. The molecule has 1 aromatic heterocycles. The molecule has 2 amide bonds. The Labute approximate surface area is 186 Å². The van der Waals surface area contributed by atoms with Gasteiger partial charge in [0, 0.05) is 30.6 Å². The van der Waals surface area contributed by atoms with Gasteiger partial charge in [-0.2, -0.15) is 11.8 Å². The number of alkyl carbamates (subject to hydrolysis) is 1. The number of carboxylic acids is 1. The summed E-state index contributed by atoms with van der Waals surface area (Å²) in [7, 11) is 1.89. The zero-order chi connectivity index (χ0) is 23.2. The van der Waals surface area contributed by atoms with Gasteiger partial charge in [-0.15, -0.1) is 0 Å². The topological polar surface area (TPSA) is 110 Å². The van der Waals surface area contributed by atoms with E-state index in [2.05, 4.69) is 10.6 Å². The highest BCUT2D eigenvalue weighted by Gasteiger charge is 2.28. The number of carbonyl (C=O) groups is 3. The fraction of sp³-hybridized carbons (Fsp3) is 0.500. The Morgan fingerprint density at radius 3 is 2.45 bits per heavy atom. The van der Waals surface area contributed by atoms with E-state index in [4.69, 9.17) is 4.74 Å². The number of fused-ring (bicyclic) bond motifs is 1. The maximum Gasteiger partial charge on any atom is 0.408 e. The molecule has 0 unspecified atom stereocenters. The molecule has 3 N–H and O–H groups in total. The first-order valence-electron chi connectivity index (χ1n) is 10.1. The van der Waals surface area contributed by atoms with E-state index in [1.54, 1.807) is 20.8 Å². The molecule has 0 radical (unpaired) electrons. The van der Waals surface area contributed by atoms with E-state index in [1.165, 1.54) is 11.8 Å². The monoisotopic (exact) mass is 449 g/mol. The normalized spacial score (nSPS) is 13.5. The second-order valence-electron chi connectivity index (χ2n) is 8.37. The molecule has 0 bridgehead atoms. The number of hydrogen-bond donors (Lipinski definition) is 3. The second-order valence-corrected chi connectivity index (χ2v) is 9.35. The van der Waals surface area contributed by atoms with E-state index in [9.17, 15) is 19.5 Å². The predicted molar refractivity (Wildman–Crippen MR) is 122 cm³/mol. The van der Waals surface area contributed by atoms with E-state index in [0.29, 0.717) is 12.2 Å². The summed E-state index contributed by atoms with van der Waals surface area (Å²) in [5.41, 5.74) is 1.10. The number of aromatic nitrogens is 1. The lowest BCUT2D eigenvalue weighted by molar-refractivity contribution is -0.142. The van der Waals surface area contributed by atoms with Gasteiger partial charge in [-0.3, -0.25) is 4.79 Å². The molecule has 8 nitrogen and oxygen atoms in total. The van der Waals surface area contributed by atoms with Gasteiger partial charge in [0.2, 0.25) is 5.91 Å². The minimum absolute atomic E-state index is 0.129. The average molecular weight is 450 g/mol. The van der Waals surface area contributed by atoms with E-state index < -0.39 is 35.7 Å². The Hall–Kier alpha value is -2.68. The van der Waals surface area contributed by atoms with Crippen LogP contribution in [0.2, 0.25) is 0 Å². The summed E-state index contributed by atoms with van der Waals surface area (Å²) in [6.07, 6.45) is 3.53. The summed E-state index contributed by atoms with van der Waals surface area (Å²) in [5, 5.41) is 15.8. The third kappa shape index (κ3) is 7.20. The molecule has 31 heavy (non-hydrogen) atoms. The number of aryl methyl sites for hydroxylation is 1. The third-order valence-electron chi connectivity index (χ3n) is 4.64. The van der Waals surface area contributed by atoms with Gasteiger partial charge in [0.05, 0.1) is 0 Å². The number of rotatable bonds is 9. The third-order valence-corrected chi connectivity index (χ3v) is 5.28. The smallest absolute Gasteiger partial charge is 0.408 e. The number of hydrogen-bond acceptors (Lipinski definition) is 5. The van der Waals surface area contributed by atoms with Crippen LogP contribution in [0.15, 0.2) is 30.5 Å². The van der Waals surface area contributed by atoms with Crippen LogP contribution >= 0.6 is 11.8 Å². The number of para-hydroxylation sites is 1. The average Bonchev–Trinajstić information content (AvgIpc) is 2.99. The fourth-order valence-corrected chi connectivity index (χ4v) is 3.71. The molecule has 1 aromatic carbocycles. The summed E-state index contributed by atoms with van der Waals surface area (Å²) in [5.74, 6) is -1.07. The lowest BCUT2D eigenvalue weighted by atomic mass is 10.0. The number of aliphatic carboxylic acids is 1. The first-order valence-corrected chi connectivity index (χ1v) is 11.5. The maximum atomic E-state index is 12.9. The van der Waals surface area contributed by atoms with Crippen LogP contribution in [-0.2, 0) is 27.8 Å². The van der Waals surface area contributed by atoms with Gasteiger partial charge in [-0.1, -0.05) is 18.2 Å². The standard InChI is InChI=1S/C22H31N3O5S/c1-22(2,3)30-21(29)24-16(10-11-31-5)19(26)23-17(20(27)28)12-14-13-25(4)18-9-7-6-8-15(14)18/h6-9,13,16-17H,10-12H2,1-5H3,(H,23,26)(H,24,29)(H,27,28)/t16-,17+/m0/s1. The summed E-state index contributed by atoms with van der Waals surface area (Å²) in [6.45, 7) is 5.19. The highest BCUT2D eigenvalue weighted by molar-refractivity contribution is 7.98. The van der Waals surface area contributed by atoms with Gasteiger partial charge in [0.1, 0.15) is 17.7 Å². The summed E-state index contributed by atoms with van der Waals surface area (Å²) >= 11 is 1.53. The number of thioether (sulfide) groups is 1. The Bertz CT molecular complexity index is 935. The number of amides is 2. The van der Waals surface area contributed by atoms with Crippen molar-refractivity contribution < 1.29 is 24.2 Å². The number of nitrogens with one attached hydrogen (secondary N) is 2. The number of ether oxygens (including phenoxy) is 1. The van der Waals surface area contributed by atoms with E-state index >= 15 is 0 Å². The highest BCUT2D eigenvalue weighted by atomic mass is 32.2. The molecule has 0 saturated heterocycles. The van der Waals surface area contributed by atoms with E-state index in [1.807, 2.05) is 48.3 Å². The molecule has 0 spiro atoms. The minimum Gasteiger partial charge on any atom is -0.480 e. The summed E-state index contributed by atoms with van der Waals surface area (Å²) in [6, 6.07) is 5.67. The fourth-order valence-electron chi connectivity index (χ4n) is 3.23. The van der Waals surface area contributed by atoms with Crippen LogP contribution in [0.5, 0.6) is 0 Å². The van der Waals surface area contributed by atoms with Crippen molar-refractivity contribution in [1.29, 1.82) is 0 Å². The lowest BCUT2D eigenvalue weighted by Crippen LogP contribution is -2.53. The van der Waals surface area contributed by atoms with Crippen LogP contribution in [0.4, 0.5) is 4.79 Å². The molecule has 0 saturated carbocycles. The van der Waals surface area contributed by atoms with Crippen molar-refractivity contribution in [2.45, 2.75) is 51.3 Å². The van der Waals surface area contributed by atoms with E-state index in [0.717, 1.165) is 16.5 Å².